The summed E-state index contributed by atoms with van der Waals surface area (Å²) in [4.78, 5) is 23.4. The maximum Gasteiger partial charge on any atom is 0.240 e. The van der Waals surface area contributed by atoms with Crippen LogP contribution in [0.3, 0.4) is 0 Å². The average molecular weight is 341 g/mol. The summed E-state index contributed by atoms with van der Waals surface area (Å²) in [5.41, 5.74) is 3.61. The quantitative estimate of drug-likeness (QED) is 0.453. The normalized spacial score (nSPS) is 10.6. The predicted octanol–water partition coefficient (Wildman–Crippen LogP) is 1.64. The van der Waals surface area contributed by atoms with Crippen molar-refractivity contribution in [3.8, 4) is 11.5 Å². The first-order valence-electron chi connectivity index (χ1n) is 7.69. The van der Waals surface area contributed by atoms with E-state index in [1.54, 1.807) is 0 Å². The molecule has 0 atom stereocenters. The van der Waals surface area contributed by atoms with Gasteiger partial charge in [-0.25, -0.2) is 5.43 Å². The molecular formula is C18H19N3O4. The Hall–Kier alpha value is -3.35. The molecular weight excluding hydrogens is 322 g/mol. The van der Waals surface area contributed by atoms with Crippen molar-refractivity contribution in [1.29, 1.82) is 0 Å². The molecule has 0 bridgehead atoms. The lowest BCUT2D eigenvalue weighted by Gasteiger charge is -2.05. The van der Waals surface area contributed by atoms with Crippen molar-refractivity contribution < 1.29 is 19.8 Å². The summed E-state index contributed by atoms with van der Waals surface area (Å²) >= 11 is 0. The van der Waals surface area contributed by atoms with Gasteiger partial charge < -0.3 is 15.5 Å². The van der Waals surface area contributed by atoms with Gasteiger partial charge in [-0.3, -0.25) is 9.59 Å². The van der Waals surface area contributed by atoms with Crippen LogP contribution in [0.4, 0.5) is 0 Å². The fraction of sp³-hybridized carbons (Fsp3) is 0.167. The molecule has 0 radical (unpaired) electrons. The minimum atomic E-state index is -0.413. The SMILES string of the molecule is O=C(CCC(=O)NN=Cc1ccc(O)cc1O)NCc1ccccc1. The Morgan fingerprint density at radius 2 is 1.72 bits per heavy atom. The highest BCUT2D eigenvalue weighted by Crippen LogP contribution is 2.20. The second kappa shape index (κ2) is 9.07. The molecule has 2 rings (SSSR count). The largest absolute Gasteiger partial charge is 0.508 e. The van der Waals surface area contributed by atoms with Gasteiger partial charge in [0.15, 0.2) is 0 Å². The monoisotopic (exact) mass is 341 g/mol. The van der Waals surface area contributed by atoms with Crippen molar-refractivity contribution in [2.45, 2.75) is 19.4 Å². The number of carbonyl (C=O) groups excluding carboxylic acids is 2. The van der Waals surface area contributed by atoms with Crippen LogP contribution in [0.15, 0.2) is 53.6 Å². The van der Waals surface area contributed by atoms with E-state index in [-0.39, 0.29) is 30.2 Å². The number of hydrogen-bond acceptors (Lipinski definition) is 5. The second-order valence-electron chi connectivity index (χ2n) is 5.30. The lowest BCUT2D eigenvalue weighted by Crippen LogP contribution is -2.25. The zero-order valence-corrected chi connectivity index (χ0v) is 13.5. The van der Waals surface area contributed by atoms with Gasteiger partial charge in [-0.1, -0.05) is 30.3 Å². The van der Waals surface area contributed by atoms with Gasteiger partial charge in [0.1, 0.15) is 11.5 Å². The van der Waals surface area contributed by atoms with E-state index in [0.717, 1.165) is 5.56 Å². The number of amides is 2. The summed E-state index contributed by atoms with van der Waals surface area (Å²) in [7, 11) is 0. The molecule has 7 nitrogen and oxygen atoms in total. The van der Waals surface area contributed by atoms with Gasteiger partial charge in [0.25, 0.3) is 0 Å². The Bertz CT molecular complexity index is 760. The highest BCUT2D eigenvalue weighted by molar-refractivity contribution is 5.86. The van der Waals surface area contributed by atoms with Crippen LogP contribution < -0.4 is 10.7 Å². The third kappa shape index (κ3) is 6.34. The number of nitrogens with zero attached hydrogens (tertiary/aromatic N) is 1. The number of phenols is 2. The Morgan fingerprint density at radius 1 is 1.00 bits per heavy atom. The first kappa shape index (κ1) is 18.0. The van der Waals surface area contributed by atoms with Crippen molar-refractivity contribution in [3.05, 3.63) is 59.7 Å². The molecule has 25 heavy (non-hydrogen) atoms. The number of rotatable bonds is 7. The van der Waals surface area contributed by atoms with Crippen molar-refractivity contribution in [2.24, 2.45) is 5.10 Å². The molecule has 0 fully saturated rings. The van der Waals surface area contributed by atoms with Crippen LogP contribution in [-0.2, 0) is 16.1 Å². The van der Waals surface area contributed by atoms with E-state index in [1.807, 2.05) is 30.3 Å². The molecule has 2 aromatic carbocycles. The van der Waals surface area contributed by atoms with Gasteiger partial charge in [0.05, 0.1) is 6.21 Å². The maximum absolute atomic E-state index is 11.7. The summed E-state index contributed by atoms with van der Waals surface area (Å²) in [6.07, 6.45) is 1.31. The summed E-state index contributed by atoms with van der Waals surface area (Å²) in [6, 6.07) is 13.5. The van der Waals surface area contributed by atoms with E-state index >= 15 is 0 Å². The van der Waals surface area contributed by atoms with Gasteiger partial charge in [0.2, 0.25) is 11.8 Å². The van der Waals surface area contributed by atoms with Crippen LogP contribution in [0, 0.1) is 0 Å². The highest BCUT2D eigenvalue weighted by atomic mass is 16.3. The minimum absolute atomic E-state index is 0.000473. The van der Waals surface area contributed by atoms with Gasteiger partial charge in [-0.05, 0) is 17.7 Å². The highest BCUT2D eigenvalue weighted by Gasteiger charge is 2.06. The van der Waals surface area contributed by atoms with Crippen LogP contribution in [0.5, 0.6) is 11.5 Å². The van der Waals surface area contributed by atoms with E-state index in [2.05, 4.69) is 15.8 Å². The number of phenolic OH excluding ortho intramolecular Hbond substituents is 2. The Balaban J connectivity index is 1.69. The molecule has 0 aliphatic heterocycles. The minimum Gasteiger partial charge on any atom is -0.508 e. The average Bonchev–Trinajstić information content (AvgIpc) is 2.61. The molecule has 0 aliphatic carbocycles. The molecule has 2 amide bonds. The number of benzene rings is 2. The van der Waals surface area contributed by atoms with Gasteiger partial charge >= 0.3 is 0 Å². The van der Waals surface area contributed by atoms with Gasteiger partial charge in [-0.15, -0.1) is 0 Å². The standard InChI is InChI=1S/C18H19N3O4/c22-15-7-6-14(16(23)10-15)12-20-21-18(25)9-8-17(24)19-11-13-4-2-1-3-5-13/h1-7,10,12,22-23H,8-9,11H2,(H,19,24)(H,21,25). The lowest BCUT2D eigenvalue weighted by atomic mass is 10.2. The van der Waals surface area contributed by atoms with Gasteiger partial charge in [0, 0.05) is 31.0 Å². The molecule has 4 N–H and O–H groups in total. The third-order valence-electron chi connectivity index (χ3n) is 3.32. The molecule has 0 spiro atoms. The Morgan fingerprint density at radius 3 is 2.44 bits per heavy atom. The first-order chi connectivity index (χ1) is 12.0. The first-order valence-corrected chi connectivity index (χ1v) is 7.69. The molecule has 130 valence electrons. The third-order valence-corrected chi connectivity index (χ3v) is 3.32. The summed E-state index contributed by atoms with van der Waals surface area (Å²) in [5.74, 6) is -0.859. The predicted molar refractivity (Wildman–Crippen MR) is 93.0 cm³/mol. The molecule has 0 saturated heterocycles. The lowest BCUT2D eigenvalue weighted by molar-refractivity contribution is -0.126. The molecule has 0 aliphatic rings. The number of hydrazone groups is 1. The number of hydrogen-bond donors (Lipinski definition) is 4. The summed E-state index contributed by atoms with van der Waals surface area (Å²) in [6.45, 7) is 0.416. The zero-order chi connectivity index (χ0) is 18.1. The van der Waals surface area contributed by atoms with E-state index in [0.29, 0.717) is 12.1 Å². The van der Waals surface area contributed by atoms with Crippen molar-refractivity contribution in [1.82, 2.24) is 10.7 Å². The number of carbonyl (C=O) groups is 2. The van der Waals surface area contributed by atoms with E-state index in [1.165, 1.54) is 24.4 Å². The van der Waals surface area contributed by atoms with E-state index in [9.17, 15) is 19.8 Å². The summed E-state index contributed by atoms with van der Waals surface area (Å²) < 4.78 is 0. The summed E-state index contributed by atoms with van der Waals surface area (Å²) in [5, 5.41) is 25.2. The molecule has 0 unspecified atom stereocenters. The van der Waals surface area contributed by atoms with Crippen LogP contribution >= 0.6 is 0 Å². The maximum atomic E-state index is 11.7. The number of aromatic hydroxyl groups is 2. The van der Waals surface area contributed by atoms with E-state index < -0.39 is 5.91 Å². The van der Waals surface area contributed by atoms with Crippen molar-refractivity contribution in [3.63, 3.8) is 0 Å². The Kier molecular flexibility index (Phi) is 6.53. The van der Waals surface area contributed by atoms with Crippen molar-refractivity contribution >= 4 is 18.0 Å². The number of nitrogens with one attached hydrogen (secondary N) is 2. The zero-order valence-electron chi connectivity index (χ0n) is 13.5. The molecule has 0 aromatic heterocycles. The molecule has 0 saturated carbocycles. The fourth-order valence-corrected chi connectivity index (χ4v) is 1.98. The van der Waals surface area contributed by atoms with Crippen LogP contribution in [0.2, 0.25) is 0 Å². The Labute approximate surface area is 145 Å². The molecule has 2 aromatic rings. The van der Waals surface area contributed by atoms with Crippen LogP contribution in [-0.4, -0.2) is 28.2 Å². The fourth-order valence-electron chi connectivity index (χ4n) is 1.98. The topological polar surface area (TPSA) is 111 Å². The van der Waals surface area contributed by atoms with Gasteiger partial charge in [-0.2, -0.15) is 5.10 Å². The second-order valence-corrected chi connectivity index (χ2v) is 5.30. The van der Waals surface area contributed by atoms with Crippen LogP contribution in [0.1, 0.15) is 24.0 Å². The molecule has 7 heteroatoms. The molecule has 0 heterocycles. The van der Waals surface area contributed by atoms with E-state index in [4.69, 9.17) is 0 Å². The smallest absolute Gasteiger partial charge is 0.240 e. The van der Waals surface area contributed by atoms with Crippen molar-refractivity contribution in [2.75, 3.05) is 0 Å². The van der Waals surface area contributed by atoms with Crippen LogP contribution in [0.25, 0.3) is 0 Å².